The summed E-state index contributed by atoms with van der Waals surface area (Å²) in [7, 11) is -3.65. The van der Waals surface area contributed by atoms with Crippen molar-refractivity contribution in [1.82, 2.24) is 4.31 Å². The van der Waals surface area contributed by atoms with Crippen molar-refractivity contribution in [3.05, 3.63) is 54.1 Å². The SMILES string of the molecule is CC1CN(S(=O)(=O)c2ccc(C(=O)Nc3ccccc3O)cc2)CC(C)O1. The van der Waals surface area contributed by atoms with Crippen LogP contribution >= 0.6 is 0 Å². The molecule has 1 aliphatic rings. The summed E-state index contributed by atoms with van der Waals surface area (Å²) in [6, 6.07) is 12.1. The van der Waals surface area contributed by atoms with Gasteiger partial charge in [-0.2, -0.15) is 4.31 Å². The molecule has 1 fully saturated rings. The molecule has 0 spiro atoms. The Bertz CT molecular complexity index is 917. The van der Waals surface area contributed by atoms with Gasteiger partial charge in [0.1, 0.15) is 5.75 Å². The lowest BCUT2D eigenvalue weighted by Crippen LogP contribution is -2.48. The van der Waals surface area contributed by atoms with Crippen LogP contribution in [0, 0.1) is 0 Å². The van der Waals surface area contributed by atoms with Crippen molar-refractivity contribution in [3.8, 4) is 5.75 Å². The lowest BCUT2D eigenvalue weighted by molar-refractivity contribution is -0.0440. The number of hydrogen-bond donors (Lipinski definition) is 2. The van der Waals surface area contributed by atoms with Gasteiger partial charge in [-0.3, -0.25) is 4.79 Å². The number of para-hydroxylation sites is 2. The lowest BCUT2D eigenvalue weighted by atomic mass is 10.2. The van der Waals surface area contributed by atoms with Gasteiger partial charge in [0, 0.05) is 18.7 Å². The highest BCUT2D eigenvalue weighted by atomic mass is 32.2. The minimum absolute atomic E-state index is 0.0411. The summed E-state index contributed by atoms with van der Waals surface area (Å²) in [5.74, 6) is -0.477. The molecule has 2 aromatic rings. The molecule has 0 bridgehead atoms. The van der Waals surface area contributed by atoms with Gasteiger partial charge in [-0.25, -0.2) is 8.42 Å². The number of phenols is 1. The number of nitrogens with one attached hydrogen (secondary N) is 1. The van der Waals surface area contributed by atoms with Crippen molar-refractivity contribution in [2.75, 3.05) is 18.4 Å². The van der Waals surface area contributed by atoms with Gasteiger partial charge in [-0.1, -0.05) is 12.1 Å². The monoisotopic (exact) mass is 390 g/mol. The highest BCUT2D eigenvalue weighted by molar-refractivity contribution is 7.89. The van der Waals surface area contributed by atoms with Gasteiger partial charge in [0.15, 0.2) is 0 Å². The molecule has 27 heavy (non-hydrogen) atoms. The number of nitrogens with zero attached hydrogens (tertiary/aromatic N) is 1. The van der Waals surface area contributed by atoms with Crippen LogP contribution in [0.1, 0.15) is 24.2 Å². The van der Waals surface area contributed by atoms with Crippen molar-refractivity contribution in [2.45, 2.75) is 31.0 Å². The van der Waals surface area contributed by atoms with Crippen LogP contribution in [0.2, 0.25) is 0 Å². The highest BCUT2D eigenvalue weighted by Gasteiger charge is 2.32. The second-order valence-electron chi connectivity index (χ2n) is 6.57. The molecule has 1 saturated heterocycles. The molecule has 144 valence electrons. The molecule has 2 unspecified atom stereocenters. The Hall–Kier alpha value is -2.42. The first-order chi connectivity index (χ1) is 12.8. The summed E-state index contributed by atoms with van der Waals surface area (Å²) in [5.41, 5.74) is 0.580. The van der Waals surface area contributed by atoms with Gasteiger partial charge in [0.25, 0.3) is 5.91 Å². The van der Waals surface area contributed by atoms with Gasteiger partial charge < -0.3 is 15.2 Å². The number of carbonyl (C=O) groups is 1. The Balaban J connectivity index is 1.76. The zero-order valence-corrected chi connectivity index (χ0v) is 15.9. The quantitative estimate of drug-likeness (QED) is 0.782. The smallest absolute Gasteiger partial charge is 0.255 e. The molecular weight excluding hydrogens is 368 g/mol. The summed E-state index contributed by atoms with van der Waals surface area (Å²) in [6.07, 6.45) is -0.348. The van der Waals surface area contributed by atoms with Crippen molar-refractivity contribution >= 4 is 21.6 Å². The number of ether oxygens (including phenoxy) is 1. The standard InChI is InChI=1S/C19H22N2O5S/c1-13-11-21(12-14(2)26-13)27(24,25)16-9-7-15(8-10-16)19(23)20-17-5-3-4-6-18(17)22/h3-10,13-14,22H,11-12H2,1-2H3,(H,20,23). The Labute approximate surface area is 158 Å². The summed E-state index contributed by atoms with van der Waals surface area (Å²) >= 11 is 0. The number of rotatable bonds is 4. The molecule has 1 heterocycles. The molecule has 8 heteroatoms. The van der Waals surface area contributed by atoms with E-state index in [0.29, 0.717) is 18.7 Å². The molecule has 0 radical (unpaired) electrons. The molecule has 2 atom stereocenters. The number of amides is 1. The van der Waals surface area contributed by atoms with Crippen LogP contribution in [-0.4, -0.2) is 49.0 Å². The fourth-order valence-corrected chi connectivity index (χ4v) is 4.62. The number of hydrogen-bond acceptors (Lipinski definition) is 5. The zero-order valence-electron chi connectivity index (χ0n) is 15.1. The molecule has 1 aliphatic heterocycles. The van der Waals surface area contributed by atoms with Crippen LogP contribution in [0.25, 0.3) is 0 Å². The molecule has 2 N–H and O–H groups in total. The van der Waals surface area contributed by atoms with Crippen LogP contribution in [-0.2, 0) is 14.8 Å². The molecule has 0 aromatic heterocycles. The van der Waals surface area contributed by atoms with Crippen molar-refractivity contribution in [1.29, 1.82) is 0 Å². The Kier molecular flexibility index (Phi) is 5.50. The zero-order chi connectivity index (χ0) is 19.6. The fraction of sp³-hybridized carbons (Fsp3) is 0.316. The number of benzene rings is 2. The maximum Gasteiger partial charge on any atom is 0.255 e. The van der Waals surface area contributed by atoms with Crippen LogP contribution in [0.5, 0.6) is 5.75 Å². The Morgan fingerprint density at radius 3 is 2.26 bits per heavy atom. The van der Waals surface area contributed by atoms with Crippen molar-refractivity contribution in [2.24, 2.45) is 0 Å². The summed E-state index contributed by atoms with van der Waals surface area (Å²) in [4.78, 5) is 12.4. The van der Waals surface area contributed by atoms with Gasteiger partial charge in [-0.15, -0.1) is 0 Å². The minimum atomic E-state index is -3.65. The van der Waals surface area contributed by atoms with E-state index < -0.39 is 15.9 Å². The second kappa shape index (κ2) is 7.67. The third-order valence-electron chi connectivity index (χ3n) is 4.29. The van der Waals surface area contributed by atoms with Crippen LogP contribution in [0.3, 0.4) is 0 Å². The topological polar surface area (TPSA) is 95.9 Å². The first-order valence-corrected chi connectivity index (χ1v) is 10.1. The molecule has 1 amide bonds. The van der Waals surface area contributed by atoms with Gasteiger partial charge in [-0.05, 0) is 50.2 Å². The maximum absolute atomic E-state index is 12.8. The minimum Gasteiger partial charge on any atom is -0.506 e. The maximum atomic E-state index is 12.8. The molecule has 0 aliphatic carbocycles. The normalized spacial score (nSPS) is 21.0. The van der Waals surface area contributed by atoms with E-state index in [9.17, 15) is 18.3 Å². The largest absolute Gasteiger partial charge is 0.506 e. The third kappa shape index (κ3) is 4.29. The predicted molar refractivity (Wildman–Crippen MR) is 101 cm³/mol. The molecule has 3 rings (SSSR count). The van der Waals surface area contributed by atoms with Crippen LogP contribution in [0.15, 0.2) is 53.4 Å². The van der Waals surface area contributed by atoms with Crippen molar-refractivity contribution in [3.63, 3.8) is 0 Å². The van der Waals surface area contributed by atoms with Crippen LogP contribution in [0.4, 0.5) is 5.69 Å². The van der Waals surface area contributed by atoms with Gasteiger partial charge in [0.2, 0.25) is 10.0 Å². The molecule has 2 aromatic carbocycles. The van der Waals surface area contributed by atoms with Gasteiger partial charge >= 0.3 is 0 Å². The number of sulfonamides is 1. The van der Waals surface area contributed by atoms with Crippen LogP contribution < -0.4 is 5.32 Å². The third-order valence-corrected chi connectivity index (χ3v) is 6.14. The van der Waals surface area contributed by atoms with Crippen molar-refractivity contribution < 1.29 is 23.1 Å². The summed E-state index contributed by atoms with van der Waals surface area (Å²) < 4.78 is 32.7. The Morgan fingerprint density at radius 2 is 1.67 bits per heavy atom. The van der Waals surface area contributed by atoms with E-state index in [1.54, 1.807) is 18.2 Å². The van der Waals surface area contributed by atoms with E-state index in [1.807, 2.05) is 13.8 Å². The van der Waals surface area contributed by atoms with E-state index in [4.69, 9.17) is 4.74 Å². The number of phenolic OH excluding ortho intramolecular Hbond substituents is 1. The molecular formula is C19H22N2O5S. The average molecular weight is 390 g/mol. The Morgan fingerprint density at radius 1 is 1.07 bits per heavy atom. The molecule has 0 saturated carbocycles. The first kappa shape index (κ1) is 19.3. The highest BCUT2D eigenvalue weighted by Crippen LogP contribution is 2.24. The molecule has 7 nitrogen and oxygen atoms in total. The number of aromatic hydroxyl groups is 1. The summed E-state index contributed by atoms with van der Waals surface area (Å²) in [6.45, 7) is 4.26. The fourth-order valence-electron chi connectivity index (χ4n) is 3.03. The predicted octanol–water partition coefficient (Wildman–Crippen LogP) is 2.44. The average Bonchev–Trinajstić information content (AvgIpc) is 2.63. The van der Waals surface area contributed by atoms with Gasteiger partial charge in [0.05, 0.1) is 22.8 Å². The van der Waals surface area contributed by atoms with E-state index >= 15 is 0 Å². The second-order valence-corrected chi connectivity index (χ2v) is 8.51. The summed E-state index contributed by atoms with van der Waals surface area (Å²) in [5, 5.41) is 12.3. The van der Waals surface area contributed by atoms with E-state index in [1.165, 1.54) is 34.6 Å². The number of carbonyl (C=O) groups excluding carboxylic acids is 1. The lowest BCUT2D eigenvalue weighted by Gasteiger charge is -2.34. The number of anilines is 1. The van der Waals surface area contributed by atoms with E-state index in [2.05, 4.69) is 5.32 Å². The number of morpholine rings is 1. The van der Waals surface area contributed by atoms with E-state index in [-0.39, 0.29) is 28.5 Å². The first-order valence-electron chi connectivity index (χ1n) is 8.62. The van der Waals surface area contributed by atoms with E-state index in [0.717, 1.165) is 0 Å².